The number of halogens is 1. The number of ether oxygens (including phenoxy) is 1. The molecule has 4 nitrogen and oxygen atoms in total. The van der Waals surface area contributed by atoms with E-state index in [4.69, 9.17) is 10.5 Å². The van der Waals surface area contributed by atoms with Crippen molar-refractivity contribution in [3.63, 3.8) is 0 Å². The van der Waals surface area contributed by atoms with Crippen molar-refractivity contribution in [2.75, 3.05) is 5.32 Å². The van der Waals surface area contributed by atoms with E-state index in [0.29, 0.717) is 11.4 Å². The largest absolute Gasteiger partial charge is 0.489 e. The Labute approximate surface area is 135 Å². The Morgan fingerprint density at radius 2 is 1.91 bits per heavy atom. The van der Waals surface area contributed by atoms with Crippen molar-refractivity contribution in [3.05, 3.63) is 59.9 Å². The van der Waals surface area contributed by atoms with Crippen molar-refractivity contribution in [2.45, 2.75) is 32.4 Å². The van der Waals surface area contributed by atoms with E-state index in [0.717, 1.165) is 5.56 Å². The zero-order valence-electron chi connectivity index (χ0n) is 13.3. The van der Waals surface area contributed by atoms with E-state index in [-0.39, 0.29) is 18.4 Å². The average Bonchev–Trinajstić information content (AvgIpc) is 2.50. The van der Waals surface area contributed by atoms with Crippen LogP contribution in [0.3, 0.4) is 0 Å². The van der Waals surface area contributed by atoms with Gasteiger partial charge in [0.2, 0.25) is 5.91 Å². The Bertz CT molecular complexity index is 659. The first-order chi connectivity index (χ1) is 11.0. The van der Waals surface area contributed by atoms with Gasteiger partial charge in [-0.3, -0.25) is 4.79 Å². The van der Waals surface area contributed by atoms with Gasteiger partial charge in [0.25, 0.3) is 0 Å². The molecule has 0 aliphatic rings. The number of hydrogen-bond donors (Lipinski definition) is 2. The third kappa shape index (κ3) is 5.07. The molecule has 23 heavy (non-hydrogen) atoms. The fraction of sp³-hybridized carbons (Fsp3) is 0.278. The number of anilines is 1. The molecule has 0 aliphatic heterocycles. The van der Waals surface area contributed by atoms with Crippen LogP contribution in [0.15, 0.2) is 48.5 Å². The summed E-state index contributed by atoms with van der Waals surface area (Å²) in [6, 6.07) is 13.0. The second-order valence-corrected chi connectivity index (χ2v) is 5.58. The third-order valence-electron chi connectivity index (χ3n) is 3.21. The molecule has 1 amide bonds. The number of amides is 1. The number of carbonyl (C=O) groups excluding carboxylic acids is 1. The average molecular weight is 316 g/mol. The Morgan fingerprint density at radius 1 is 1.22 bits per heavy atom. The summed E-state index contributed by atoms with van der Waals surface area (Å²) >= 11 is 0. The summed E-state index contributed by atoms with van der Waals surface area (Å²) in [5, 5.41) is 2.67. The maximum absolute atomic E-state index is 13.4. The summed E-state index contributed by atoms with van der Waals surface area (Å²) in [7, 11) is 0. The van der Waals surface area contributed by atoms with Crippen molar-refractivity contribution in [1.29, 1.82) is 0 Å². The molecule has 0 spiro atoms. The highest BCUT2D eigenvalue weighted by Gasteiger charge is 2.14. The third-order valence-corrected chi connectivity index (χ3v) is 3.21. The summed E-state index contributed by atoms with van der Waals surface area (Å²) in [6.45, 7) is 3.72. The quantitative estimate of drug-likeness (QED) is 0.855. The molecule has 0 aromatic heterocycles. The lowest BCUT2D eigenvalue weighted by Crippen LogP contribution is -2.21. The van der Waals surface area contributed by atoms with Crippen LogP contribution in [0.25, 0.3) is 0 Å². The van der Waals surface area contributed by atoms with Crippen LogP contribution in [0, 0.1) is 5.82 Å². The molecule has 5 heteroatoms. The molecule has 3 N–H and O–H groups in total. The Kier molecular flexibility index (Phi) is 5.71. The molecule has 122 valence electrons. The lowest BCUT2D eigenvalue weighted by molar-refractivity contribution is -0.116. The number of benzene rings is 2. The molecular formula is C18H21FN2O2. The molecule has 1 atom stereocenters. The molecule has 2 aromatic carbocycles. The van der Waals surface area contributed by atoms with Crippen molar-refractivity contribution in [3.8, 4) is 5.75 Å². The van der Waals surface area contributed by atoms with E-state index in [1.54, 1.807) is 0 Å². The molecule has 0 saturated heterocycles. The van der Waals surface area contributed by atoms with Gasteiger partial charge in [0.15, 0.2) is 0 Å². The molecule has 0 heterocycles. The number of rotatable bonds is 6. The van der Waals surface area contributed by atoms with Gasteiger partial charge in [-0.15, -0.1) is 0 Å². The van der Waals surface area contributed by atoms with E-state index in [1.807, 2.05) is 44.2 Å². The molecule has 2 rings (SSSR count). The lowest BCUT2D eigenvalue weighted by Gasteiger charge is -2.16. The van der Waals surface area contributed by atoms with E-state index in [2.05, 4.69) is 5.32 Å². The van der Waals surface area contributed by atoms with Crippen molar-refractivity contribution >= 4 is 11.6 Å². The Balaban J connectivity index is 2.06. The predicted octanol–water partition coefficient (Wildman–Crippen LogP) is 3.64. The van der Waals surface area contributed by atoms with Gasteiger partial charge in [-0.2, -0.15) is 0 Å². The molecule has 0 bridgehead atoms. The normalized spacial score (nSPS) is 12.0. The number of nitrogens with one attached hydrogen (secondary N) is 1. The first-order valence-electron chi connectivity index (χ1n) is 7.52. The summed E-state index contributed by atoms with van der Waals surface area (Å²) in [4.78, 5) is 12.2. The summed E-state index contributed by atoms with van der Waals surface area (Å²) in [6.07, 6.45) is 0.0180. The molecular weight excluding hydrogens is 295 g/mol. The minimum atomic E-state index is -0.441. The van der Waals surface area contributed by atoms with E-state index < -0.39 is 11.9 Å². The number of nitrogens with two attached hydrogens (primary N) is 1. The van der Waals surface area contributed by atoms with Crippen LogP contribution in [-0.2, 0) is 4.79 Å². The van der Waals surface area contributed by atoms with Crippen LogP contribution in [0.4, 0.5) is 10.1 Å². The maximum Gasteiger partial charge on any atom is 0.226 e. The van der Waals surface area contributed by atoms with E-state index >= 15 is 0 Å². The van der Waals surface area contributed by atoms with Gasteiger partial charge in [-0.1, -0.05) is 30.3 Å². The summed E-state index contributed by atoms with van der Waals surface area (Å²) in [5.41, 5.74) is 7.22. The van der Waals surface area contributed by atoms with Crippen LogP contribution < -0.4 is 15.8 Å². The fourth-order valence-electron chi connectivity index (χ4n) is 2.18. The number of hydrogen-bond acceptors (Lipinski definition) is 3. The van der Waals surface area contributed by atoms with Crippen LogP contribution >= 0.6 is 0 Å². The summed E-state index contributed by atoms with van der Waals surface area (Å²) in [5.74, 6) is -0.299. The monoisotopic (exact) mass is 316 g/mol. The summed E-state index contributed by atoms with van der Waals surface area (Å²) < 4.78 is 19.0. The fourth-order valence-corrected chi connectivity index (χ4v) is 2.18. The van der Waals surface area contributed by atoms with Crippen molar-refractivity contribution < 1.29 is 13.9 Å². The Morgan fingerprint density at radius 3 is 2.57 bits per heavy atom. The molecule has 0 radical (unpaired) electrons. The molecule has 2 aromatic rings. The lowest BCUT2D eigenvalue weighted by atomic mass is 10.0. The SMILES string of the molecule is CC(C)Oc1ccc(F)cc1NC(=O)CC(N)c1ccccc1. The van der Waals surface area contributed by atoms with Crippen molar-refractivity contribution in [2.24, 2.45) is 5.73 Å². The van der Waals surface area contributed by atoms with Gasteiger partial charge in [-0.25, -0.2) is 4.39 Å². The highest BCUT2D eigenvalue weighted by Crippen LogP contribution is 2.27. The van der Waals surface area contributed by atoms with Crippen LogP contribution in [0.5, 0.6) is 5.75 Å². The first-order valence-corrected chi connectivity index (χ1v) is 7.52. The maximum atomic E-state index is 13.4. The first kappa shape index (κ1) is 17.0. The topological polar surface area (TPSA) is 64.3 Å². The Hall–Kier alpha value is -2.40. The van der Waals surface area contributed by atoms with Gasteiger partial charge >= 0.3 is 0 Å². The highest BCUT2D eigenvalue weighted by atomic mass is 19.1. The molecule has 0 aliphatic carbocycles. The van der Waals surface area contributed by atoms with Crippen molar-refractivity contribution in [1.82, 2.24) is 0 Å². The zero-order chi connectivity index (χ0) is 16.8. The van der Waals surface area contributed by atoms with Crippen LogP contribution in [-0.4, -0.2) is 12.0 Å². The van der Waals surface area contributed by atoms with Crippen LogP contribution in [0.2, 0.25) is 0 Å². The van der Waals surface area contributed by atoms with E-state index in [1.165, 1.54) is 18.2 Å². The molecule has 0 saturated carbocycles. The smallest absolute Gasteiger partial charge is 0.226 e. The standard InChI is InChI=1S/C18H21FN2O2/c1-12(2)23-17-9-8-14(19)10-16(17)21-18(22)11-15(20)13-6-4-3-5-7-13/h3-10,12,15H,11,20H2,1-2H3,(H,21,22). The zero-order valence-corrected chi connectivity index (χ0v) is 13.3. The van der Waals surface area contributed by atoms with Gasteiger partial charge < -0.3 is 15.8 Å². The highest BCUT2D eigenvalue weighted by molar-refractivity contribution is 5.92. The molecule has 0 fully saturated rings. The minimum absolute atomic E-state index is 0.0808. The second kappa shape index (κ2) is 7.74. The predicted molar refractivity (Wildman–Crippen MR) is 88.8 cm³/mol. The second-order valence-electron chi connectivity index (χ2n) is 5.58. The van der Waals surface area contributed by atoms with Gasteiger partial charge in [0.1, 0.15) is 11.6 Å². The minimum Gasteiger partial charge on any atom is -0.489 e. The number of carbonyl (C=O) groups is 1. The van der Waals surface area contributed by atoms with Gasteiger partial charge in [0, 0.05) is 18.5 Å². The molecule has 1 unspecified atom stereocenters. The van der Waals surface area contributed by atoms with E-state index in [9.17, 15) is 9.18 Å². The van der Waals surface area contributed by atoms with Gasteiger partial charge in [-0.05, 0) is 31.5 Å². The van der Waals surface area contributed by atoms with Gasteiger partial charge in [0.05, 0.1) is 11.8 Å². The van der Waals surface area contributed by atoms with Crippen LogP contribution in [0.1, 0.15) is 31.9 Å².